The Morgan fingerprint density at radius 3 is 2.82 bits per heavy atom. The van der Waals surface area contributed by atoms with Crippen LogP contribution in [0.5, 0.6) is 0 Å². The summed E-state index contributed by atoms with van der Waals surface area (Å²) in [6.45, 7) is 4.13. The molecule has 1 unspecified atom stereocenters. The molecule has 0 saturated carbocycles. The minimum absolute atomic E-state index is 0.116. The number of carbonyl (C=O) groups excluding carboxylic acids is 1. The van der Waals surface area contributed by atoms with E-state index < -0.39 is 0 Å². The van der Waals surface area contributed by atoms with E-state index in [4.69, 9.17) is 0 Å². The van der Waals surface area contributed by atoms with Crippen LogP contribution in [0.3, 0.4) is 0 Å². The first-order valence-corrected chi connectivity index (χ1v) is 6.19. The van der Waals surface area contributed by atoms with Crippen molar-refractivity contribution in [1.29, 1.82) is 0 Å². The molecule has 1 aromatic rings. The lowest BCUT2D eigenvalue weighted by Gasteiger charge is -2.10. The van der Waals surface area contributed by atoms with Crippen molar-refractivity contribution in [2.75, 3.05) is 5.32 Å². The van der Waals surface area contributed by atoms with Crippen LogP contribution < -0.4 is 5.32 Å². The summed E-state index contributed by atoms with van der Waals surface area (Å²) in [4.78, 5) is 11.8. The van der Waals surface area contributed by atoms with Crippen molar-refractivity contribution in [2.24, 2.45) is 5.92 Å². The van der Waals surface area contributed by atoms with Crippen LogP contribution in [0.25, 0.3) is 0 Å². The molecule has 0 heterocycles. The molecule has 0 aromatic heterocycles. The molecule has 1 atom stereocenters. The van der Waals surface area contributed by atoms with Crippen molar-refractivity contribution < 1.29 is 4.79 Å². The van der Waals surface area contributed by atoms with E-state index in [0.29, 0.717) is 12.3 Å². The second-order valence-corrected chi connectivity index (χ2v) is 4.82. The highest BCUT2D eigenvalue weighted by Crippen LogP contribution is 2.21. The van der Waals surface area contributed by atoms with Crippen molar-refractivity contribution in [1.82, 2.24) is 0 Å². The molecule has 0 saturated heterocycles. The number of hydrogen-bond donors (Lipinski definition) is 1. The quantitative estimate of drug-likeness (QED) is 0.788. The van der Waals surface area contributed by atoms with Gasteiger partial charge in [0.05, 0.1) is 0 Å². The third kappa shape index (κ3) is 3.19. The predicted molar refractivity (Wildman–Crippen MR) is 71.0 cm³/mol. The Labute approximate surface area is 103 Å². The topological polar surface area (TPSA) is 29.1 Å². The van der Waals surface area contributed by atoms with Crippen LogP contribution in [0.1, 0.15) is 30.4 Å². The highest BCUT2D eigenvalue weighted by molar-refractivity contribution is 5.91. The Kier molecular flexibility index (Phi) is 3.62. The molecule has 17 heavy (non-hydrogen) atoms. The van der Waals surface area contributed by atoms with Crippen molar-refractivity contribution in [3.8, 4) is 0 Å². The minimum Gasteiger partial charge on any atom is -0.326 e. The zero-order valence-corrected chi connectivity index (χ0v) is 10.5. The minimum atomic E-state index is 0.116. The molecule has 0 radical (unpaired) electrons. The summed E-state index contributed by atoms with van der Waals surface area (Å²) in [7, 11) is 0. The molecule has 0 aliphatic heterocycles. The summed E-state index contributed by atoms with van der Waals surface area (Å²) in [5.41, 5.74) is 3.37. The molecule has 1 aromatic carbocycles. The highest BCUT2D eigenvalue weighted by atomic mass is 16.1. The van der Waals surface area contributed by atoms with Gasteiger partial charge in [0.15, 0.2) is 0 Å². The van der Waals surface area contributed by atoms with E-state index in [2.05, 4.69) is 31.3 Å². The lowest BCUT2D eigenvalue weighted by molar-refractivity contribution is -0.116. The van der Waals surface area contributed by atoms with Gasteiger partial charge >= 0.3 is 0 Å². The summed E-state index contributed by atoms with van der Waals surface area (Å²) in [5.74, 6) is 0.548. The normalized spacial score (nSPS) is 18.4. The first kappa shape index (κ1) is 11.9. The molecule has 1 amide bonds. The zero-order chi connectivity index (χ0) is 12.3. The number of allylic oxidation sites excluding steroid dienone is 2. The third-order valence-electron chi connectivity index (χ3n) is 3.35. The number of hydrogen-bond acceptors (Lipinski definition) is 1. The summed E-state index contributed by atoms with van der Waals surface area (Å²) < 4.78 is 0. The monoisotopic (exact) mass is 229 g/mol. The molecule has 1 aliphatic carbocycles. The summed E-state index contributed by atoms with van der Waals surface area (Å²) in [5, 5.41) is 2.96. The maximum absolute atomic E-state index is 11.8. The third-order valence-corrected chi connectivity index (χ3v) is 3.35. The Hall–Kier alpha value is -1.57. The maximum Gasteiger partial charge on any atom is 0.224 e. The van der Waals surface area contributed by atoms with E-state index in [1.54, 1.807) is 0 Å². The summed E-state index contributed by atoms with van der Waals surface area (Å²) in [6, 6.07) is 6.03. The number of amides is 1. The van der Waals surface area contributed by atoms with E-state index in [-0.39, 0.29) is 5.91 Å². The van der Waals surface area contributed by atoms with Gasteiger partial charge in [-0.3, -0.25) is 4.79 Å². The van der Waals surface area contributed by atoms with E-state index in [1.807, 2.05) is 18.2 Å². The lowest BCUT2D eigenvalue weighted by atomic mass is 10.0. The number of aryl methyl sites for hydroxylation is 2. The first-order valence-electron chi connectivity index (χ1n) is 6.19. The molecule has 0 spiro atoms. The van der Waals surface area contributed by atoms with Gasteiger partial charge in [-0.05, 0) is 55.9 Å². The maximum atomic E-state index is 11.8. The number of benzene rings is 1. The van der Waals surface area contributed by atoms with Crippen LogP contribution in [0.4, 0.5) is 5.69 Å². The lowest BCUT2D eigenvalue weighted by Crippen LogP contribution is -2.14. The molecule has 2 heteroatoms. The van der Waals surface area contributed by atoms with E-state index in [1.165, 1.54) is 11.1 Å². The Morgan fingerprint density at radius 2 is 2.18 bits per heavy atom. The van der Waals surface area contributed by atoms with Crippen LogP contribution in [0.15, 0.2) is 30.4 Å². The van der Waals surface area contributed by atoms with Crippen LogP contribution in [0, 0.1) is 19.8 Å². The molecule has 2 nitrogen and oxygen atoms in total. The molecular weight excluding hydrogens is 210 g/mol. The van der Waals surface area contributed by atoms with Gasteiger partial charge in [0, 0.05) is 12.1 Å². The Balaban J connectivity index is 1.93. The number of anilines is 1. The molecule has 0 fully saturated rings. The highest BCUT2D eigenvalue weighted by Gasteiger charge is 2.13. The largest absolute Gasteiger partial charge is 0.326 e. The summed E-state index contributed by atoms with van der Waals surface area (Å²) >= 11 is 0. The average molecular weight is 229 g/mol. The van der Waals surface area contributed by atoms with Gasteiger partial charge < -0.3 is 5.32 Å². The van der Waals surface area contributed by atoms with Crippen molar-refractivity contribution in [3.63, 3.8) is 0 Å². The van der Waals surface area contributed by atoms with Crippen molar-refractivity contribution in [2.45, 2.75) is 33.1 Å². The van der Waals surface area contributed by atoms with Crippen LogP contribution >= 0.6 is 0 Å². The van der Waals surface area contributed by atoms with Crippen LogP contribution in [-0.2, 0) is 4.79 Å². The second kappa shape index (κ2) is 5.17. The van der Waals surface area contributed by atoms with E-state index in [0.717, 1.165) is 18.5 Å². The number of carbonyl (C=O) groups is 1. The van der Waals surface area contributed by atoms with Crippen LogP contribution in [-0.4, -0.2) is 5.91 Å². The van der Waals surface area contributed by atoms with Crippen LogP contribution in [0.2, 0.25) is 0 Å². The fourth-order valence-electron chi connectivity index (χ4n) is 2.13. The van der Waals surface area contributed by atoms with Gasteiger partial charge in [0.25, 0.3) is 0 Å². The molecule has 90 valence electrons. The van der Waals surface area contributed by atoms with Gasteiger partial charge in [0.1, 0.15) is 0 Å². The zero-order valence-electron chi connectivity index (χ0n) is 10.5. The Bertz CT molecular complexity index is 448. The first-order chi connectivity index (χ1) is 8.15. The fraction of sp³-hybridized carbons (Fsp3) is 0.400. The average Bonchev–Trinajstić information content (AvgIpc) is 2.76. The molecule has 0 bridgehead atoms. The molecule has 1 aliphatic rings. The Morgan fingerprint density at radius 1 is 1.35 bits per heavy atom. The van der Waals surface area contributed by atoms with Gasteiger partial charge in [-0.1, -0.05) is 18.2 Å². The van der Waals surface area contributed by atoms with Crippen molar-refractivity contribution in [3.05, 3.63) is 41.5 Å². The summed E-state index contributed by atoms with van der Waals surface area (Å²) in [6.07, 6.45) is 7.14. The molecular formula is C15H19NO. The number of rotatable bonds is 3. The second-order valence-electron chi connectivity index (χ2n) is 4.82. The van der Waals surface area contributed by atoms with Gasteiger partial charge in [0.2, 0.25) is 5.91 Å². The molecule has 1 N–H and O–H groups in total. The van der Waals surface area contributed by atoms with Gasteiger partial charge in [-0.2, -0.15) is 0 Å². The van der Waals surface area contributed by atoms with Crippen molar-refractivity contribution >= 4 is 11.6 Å². The number of nitrogens with one attached hydrogen (secondary N) is 1. The smallest absolute Gasteiger partial charge is 0.224 e. The predicted octanol–water partition coefficient (Wildman–Crippen LogP) is 3.60. The van der Waals surface area contributed by atoms with E-state index >= 15 is 0 Å². The van der Waals surface area contributed by atoms with E-state index in [9.17, 15) is 4.79 Å². The molecule has 2 rings (SSSR count). The fourth-order valence-corrected chi connectivity index (χ4v) is 2.13. The van der Waals surface area contributed by atoms with Gasteiger partial charge in [-0.15, -0.1) is 0 Å². The SMILES string of the molecule is Cc1ccc(NC(=O)CC2C=CCC2)cc1C. The standard InChI is InChI=1S/C15H19NO/c1-11-7-8-14(9-12(11)2)16-15(17)10-13-5-3-4-6-13/h3,5,7-9,13H,4,6,10H2,1-2H3,(H,16,17). The van der Waals surface area contributed by atoms with Gasteiger partial charge in [-0.25, -0.2) is 0 Å².